The number of rotatable bonds is 6. The Morgan fingerprint density at radius 1 is 1.10 bits per heavy atom. The third kappa shape index (κ3) is 5.20. The van der Waals surface area contributed by atoms with Gasteiger partial charge in [-0.05, 0) is 42.3 Å². The van der Waals surface area contributed by atoms with E-state index in [1.165, 1.54) is 0 Å². The zero-order valence-electron chi connectivity index (χ0n) is 16.1. The van der Waals surface area contributed by atoms with Crippen LogP contribution in [0.4, 0.5) is 0 Å². The van der Waals surface area contributed by atoms with Gasteiger partial charge in [0.15, 0.2) is 11.5 Å². The first-order valence-electron chi connectivity index (χ1n) is 8.94. The van der Waals surface area contributed by atoms with E-state index in [1.54, 1.807) is 7.11 Å². The maximum atomic E-state index is 9.62. The minimum absolute atomic E-state index is 0.324. The van der Waals surface area contributed by atoms with E-state index in [4.69, 9.17) is 21.1 Å². The number of nitrogens with zero attached hydrogens (tertiary/aromatic N) is 1. The number of ether oxygens (including phenoxy) is 2. The van der Waals surface area contributed by atoms with Crippen molar-refractivity contribution in [1.29, 1.82) is 5.26 Å². The number of halogens is 2. The van der Waals surface area contributed by atoms with Gasteiger partial charge in [0.25, 0.3) is 0 Å². The van der Waals surface area contributed by atoms with Gasteiger partial charge in [-0.1, -0.05) is 75.6 Å². The zero-order chi connectivity index (χ0) is 20.8. The normalized spacial score (nSPS) is 11.1. The van der Waals surface area contributed by atoms with Crippen molar-refractivity contribution < 1.29 is 9.47 Å². The first kappa shape index (κ1) is 21.0. The Labute approximate surface area is 184 Å². The van der Waals surface area contributed by atoms with Crippen LogP contribution in [-0.2, 0) is 6.61 Å². The van der Waals surface area contributed by atoms with Gasteiger partial charge in [-0.3, -0.25) is 0 Å². The average Bonchev–Trinajstić information content (AvgIpc) is 2.73. The Balaban J connectivity index is 1.90. The lowest BCUT2D eigenvalue weighted by atomic mass is 10.0. The lowest BCUT2D eigenvalue weighted by molar-refractivity contribution is 0.284. The molecule has 0 bridgehead atoms. The molecule has 3 aromatic carbocycles. The zero-order valence-corrected chi connectivity index (χ0v) is 18.4. The molecule has 0 saturated heterocycles. The van der Waals surface area contributed by atoms with E-state index in [9.17, 15) is 5.26 Å². The van der Waals surface area contributed by atoms with E-state index in [0.717, 1.165) is 26.7 Å². The summed E-state index contributed by atoms with van der Waals surface area (Å²) in [6.07, 6.45) is 1.83. The molecule has 0 heterocycles. The van der Waals surface area contributed by atoms with E-state index >= 15 is 0 Å². The first-order chi connectivity index (χ1) is 14.0. The molecule has 0 atom stereocenters. The van der Waals surface area contributed by atoms with E-state index in [2.05, 4.69) is 22.0 Å². The van der Waals surface area contributed by atoms with Crippen LogP contribution in [0.3, 0.4) is 0 Å². The molecular weight excluding hydrogens is 450 g/mol. The van der Waals surface area contributed by atoms with E-state index < -0.39 is 0 Å². The van der Waals surface area contributed by atoms with Gasteiger partial charge in [0.1, 0.15) is 6.61 Å². The van der Waals surface area contributed by atoms with Crippen molar-refractivity contribution in [3.8, 4) is 17.6 Å². The number of allylic oxidation sites excluding steroid dienone is 1. The third-order valence-corrected chi connectivity index (χ3v) is 5.46. The number of hydrogen-bond acceptors (Lipinski definition) is 3. The summed E-state index contributed by atoms with van der Waals surface area (Å²) in [6, 6.07) is 21.4. The topological polar surface area (TPSA) is 42.2 Å². The maximum Gasteiger partial charge on any atom is 0.162 e. The summed E-state index contributed by atoms with van der Waals surface area (Å²) in [6.45, 7) is 2.34. The van der Waals surface area contributed by atoms with Gasteiger partial charge in [0.2, 0.25) is 0 Å². The number of nitriles is 1. The Morgan fingerprint density at radius 3 is 2.48 bits per heavy atom. The van der Waals surface area contributed by atoms with Crippen LogP contribution in [0.15, 0.2) is 65.1 Å². The smallest absolute Gasteiger partial charge is 0.162 e. The fraction of sp³-hybridized carbons (Fsp3) is 0.125. The minimum Gasteiger partial charge on any atom is -0.493 e. The van der Waals surface area contributed by atoms with Crippen LogP contribution in [0.25, 0.3) is 11.6 Å². The highest BCUT2D eigenvalue weighted by atomic mass is 79.9. The van der Waals surface area contributed by atoms with Crippen LogP contribution in [0.1, 0.15) is 22.3 Å². The van der Waals surface area contributed by atoms with Crippen LogP contribution < -0.4 is 9.47 Å². The molecule has 0 aliphatic carbocycles. The second kappa shape index (κ2) is 9.65. The average molecular weight is 469 g/mol. The molecule has 0 N–H and O–H groups in total. The highest BCUT2D eigenvalue weighted by Gasteiger charge is 2.12. The molecule has 0 spiro atoms. The van der Waals surface area contributed by atoms with Crippen molar-refractivity contribution in [1.82, 2.24) is 0 Å². The number of hydrogen-bond donors (Lipinski definition) is 0. The molecule has 0 aromatic heterocycles. The highest BCUT2D eigenvalue weighted by Crippen LogP contribution is 2.36. The summed E-state index contributed by atoms with van der Waals surface area (Å²) in [7, 11) is 1.59. The summed E-state index contributed by atoms with van der Waals surface area (Å²) in [5.41, 5.74) is 4.29. The number of benzene rings is 3. The lowest BCUT2D eigenvalue weighted by Gasteiger charge is -2.14. The van der Waals surface area contributed by atoms with Crippen LogP contribution in [0.2, 0.25) is 5.02 Å². The fourth-order valence-electron chi connectivity index (χ4n) is 2.77. The van der Waals surface area contributed by atoms with Crippen LogP contribution in [-0.4, -0.2) is 7.11 Å². The van der Waals surface area contributed by atoms with Crippen molar-refractivity contribution in [2.45, 2.75) is 13.5 Å². The second-order valence-electron chi connectivity index (χ2n) is 6.44. The van der Waals surface area contributed by atoms with Crippen molar-refractivity contribution in [3.05, 3.63) is 92.4 Å². The standard InChI is InChI=1S/C24H19BrClNO2/c1-16-7-9-17(10-8-16)20(14-27)11-19-12-23(28-2)24(13-21(19)25)29-15-18-5-3-4-6-22(18)26/h3-13H,15H2,1-2H3/b20-11-. The molecule has 0 unspecified atom stereocenters. The van der Waals surface area contributed by atoms with Crippen molar-refractivity contribution in [2.24, 2.45) is 0 Å². The Hall–Kier alpha value is -2.74. The van der Waals surface area contributed by atoms with E-state index in [-0.39, 0.29) is 0 Å². The Morgan fingerprint density at radius 2 is 1.83 bits per heavy atom. The Kier molecular flexibility index (Phi) is 6.98. The quantitative estimate of drug-likeness (QED) is 0.287. The predicted molar refractivity (Wildman–Crippen MR) is 121 cm³/mol. The van der Waals surface area contributed by atoms with Crippen molar-refractivity contribution in [2.75, 3.05) is 7.11 Å². The maximum absolute atomic E-state index is 9.62. The molecule has 0 amide bonds. The molecule has 0 radical (unpaired) electrons. The second-order valence-corrected chi connectivity index (χ2v) is 7.70. The predicted octanol–water partition coefficient (Wildman–Crippen LogP) is 7.06. The number of methoxy groups -OCH3 is 1. The van der Waals surface area contributed by atoms with Gasteiger partial charge in [-0.2, -0.15) is 5.26 Å². The van der Waals surface area contributed by atoms with Gasteiger partial charge in [-0.15, -0.1) is 0 Å². The molecule has 3 aromatic rings. The molecule has 0 saturated carbocycles. The van der Waals surface area contributed by atoms with Gasteiger partial charge in [0.05, 0.1) is 18.8 Å². The van der Waals surface area contributed by atoms with Crippen LogP contribution in [0, 0.1) is 18.3 Å². The molecule has 0 aliphatic heterocycles. The van der Waals surface area contributed by atoms with Crippen LogP contribution >= 0.6 is 27.5 Å². The van der Waals surface area contributed by atoms with Gasteiger partial charge in [-0.25, -0.2) is 0 Å². The van der Waals surface area contributed by atoms with Gasteiger partial charge in [0, 0.05) is 15.1 Å². The first-order valence-corrected chi connectivity index (χ1v) is 10.1. The van der Waals surface area contributed by atoms with Crippen LogP contribution in [0.5, 0.6) is 11.5 Å². The monoisotopic (exact) mass is 467 g/mol. The molecule has 0 aliphatic rings. The molecule has 0 fully saturated rings. The lowest BCUT2D eigenvalue weighted by Crippen LogP contribution is -1.99. The summed E-state index contributed by atoms with van der Waals surface area (Å²) >= 11 is 9.78. The van der Waals surface area contributed by atoms with Crippen molar-refractivity contribution in [3.63, 3.8) is 0 Å². The summed E-state index contributed by atoms with van der Waals surface area (Å²) < 4.78 is 12.2. The fourth-order valence-corrected chi connectivity index (χ4v) is 3.40. The van der Waals surface area contributed by atoms with E-state index in [1.807, 2.05) is 73.7 Å². The Bertz CT molecular complexity index is 1090. The SMILES string of the molecule is COc1cc(/C=C(/C#N)c2ccc(C)cc2)c(Br)cc1OCc1ccccc1Cl. The third-order valence-electron chi connectivity index (χ3n) is 4.41. The molecule has 3 nitrogen and oxygen atoms in total. The molecule has 3 rings (SSSR count). The van der Waals surface area contributed by atoms with Crippen molar-refractivity contribution >= 4 is 39.2 Å². The molecular formula is C24H19BrClNO2. The summed E-state index contributed by atoms with van der Waals surface area (Å²) in [5.74, 6) is 1.16. The molecule has 29 heavy (non-hydrogen) atoms. The van der Waals surface area contributed by atoms with Gasteiger partial charge < -0.3 is 9.47 Å². The highest BCUT2D eigenvalue weighted by molar-refractivity contribution is 9.10. The largest absolute Gasteiger partial charge is 0.493 e. The van der Waals surface area contributed by atoms with Gasteiger partial charge >= 0.3 is 0 Å². The molecule has 5 heteroatoms. The summed E-state index contributed by atoms with van der Waals surface area (Å²) in [5, 5.41) is 10.3. The van der Waals surface area contributed by atoms with E-state index in [0.29, 0.717) is 28.7 Å². The minimum atomic E-state index is 0.324. The summed E-state index contributed by atoms with van der Waals surface area (Å²) in [4.78, 5) is 0. The molecule has 146 valence electrons. The number of aryl methyl sites for hydroxylation is 1.